The summed E-state index contributed by atoms with van der Waals surface area (Å²) in [7, 11) is 0. The largest absolute Gasteiger partial charge is 0.478 e. The third kappa shape index (κ3) is 4.19. The molecule has 0 radical (unpaired) electrons. The van der Waals surface area contributed by atoms with Crippen LogP contribution in [0.5, 0.6) is 0 Å². The number of ketones is 1. The molecule has 0 saturated carbocycles. The van der Waals surface area contributed by atoms with Crippen molar-refractivity contribution in [1.29, 1.82) is 0 Å². The van der Waals surface area contributed by atoms with Gasteiger partial charge >= 0.3 is 5.97 Å². The Morgan fingerprint density at radius 3 is 2.28 bits per heavy atom. The van der Waals surface area contributed by atoms with Crippen LogP contribution in [0.3, 0.4) is 0 Å². The van der Waals surface area contributed by atoms with Gasteiger partial charge in [0, 0.05) is 5.56 Å². The molecule has 1 aliphatic rings. The lowest BCUT2D eigenvalue weighted by Gasteiger charge is -2.33. The highest BCUT2D eigenvalue weighted by molar-refractivity contribution is 6.07. The molecule has 1 N–H and O–H groups in total. The van der Waals surface area contributed by atoms with E-state index in [-0.39, 0.29) is 16.8 Å². The molecule has 0 aromatic heterocycles. The standard InChI is InChI=1S/C29H26O3/c1-19-6-4-5-7-23(19)24-16-17-29(2,3)26-18-22(13-14-25(24)26)27(30)15-10-20-8-11-21(12-9-20)28(31)32/h4-16,18H,17H2,1-3H3,(H,31,32). The zero-order valence-corrected chi connectivity index (χ0v) is 18.6. The van der Waals surface area contributed by atoms with Gasteiger partial charge in [-0.2, -0.15) is 0 Å². The molecule has 0 amide bonds. The summed E-state index contributed by atoms with van der Waals surface area (Å²) in [4.78, 5) is 23.9. The first-order valence-electron chi connectivity index (χ1n) is 10.7. The Balaban J connectivity index is 1.65. The molecule has 3 nitrogen and oxygen atoms in total. The molecule has 0 spiro atoms. The zero-order chi connectivity index (χ0) is 22.9. The maximum Gasteiger partial charge on any atom is 0.335 e. The Hall–Kier alpha value is -3.72. The lowest BCUT2D eigenvalue weighted by Crippen LogP contribution is -2.22. The van der Waals surface area contributed by atoms with E-state index in [4.69, 9.17) is 5.11 Å². The fourth-order valence-electron chi connectivity index (χ4n) is 4.20. The Morgan fingerprint density at radius 2 is 1.59 bits per heavy atom. The summed E-state index contributed by atoms with van der Waals surface area (Å²) >= 11 is 0. The monoisotopic (exact) mass is 422 g/mol. The molecule has 0 saturated heterocycles. The van der Waals surface area contributed by atoms with E-state index < -0.39 is 5.97 Å². The lowest BCUT2D eigenvalue weighted by molar-refractivity contribution is 0.0696. The predicted octanol–water partition coefficient (Wildman–Crippen LogP) is 6.70. The summed E-state index contributed by atoms with van der Waals surface area (Å²) in [5, 5.41) is 9.01. The Bertz CT molecular complexity index is 1260. The van der Waals surface area contributed by atoms with Gasteiger partial charge in [0.1, 0.15) is 0 Å². The van der Waals surface area contributed by atoms with Gasteiger partial charge in [-0.25, -0.2) is 4.79 Å². The molecule has 160 valence electrons. The minimum Gasteiger partial charge on any atom is -0.478 e. The summed E-state index contributed by atoms with van der Waals surface area (Å²) < 4.78 is 0. The summed E-state index contributed by atoms with van der Waals surface area (Å²) in [5.74, 6) is -1.04. The third-order valence-electron chi connectivity index (χ3n) is 6.16. The van der Waals surface area contributed by atoms with Crippen molar-refractivity contribution in [2.75, 3.05) is 0 Å². The third-order valence-corrected chi connectivity index (χ3v) is 6.16. The van der Waals surface area contributed by atoms with E-state index >= 15 is 0 Å². The molecule has 3 aromatic carbocycles. The maximum absolute atomic E-state index is 12.9. The minimum atomic E-state index is -0.965. The van der Waals surface area contributed by atoms with Crippen molar-refractivity contribution in [2.24, 2.45) is 0 Å². The number of carboxylic acid groups (broad SMARTS) is 1. The second-order valence-electron chi connectivity index (χ2n) is 8.91. The lowest BCUT2D eigenvalue weighted by atomic mass is 9.71. The van der Waals surface area contributed by atoms with Gasteiger partial charge in [0.15, 0.2) is 5.78 Å². The van der Waals surface area contributed by atoms with Crippen LogP contribution < -0.4 is 0 Å². The average molecular weight is 423 g/mol. The SMILES string of the molecule is Cc1ccccc1C1=CCC(C)(C)c2cc(C(=O)C=Cc3ccc(C(=O)O)cc3)ccc21. The van der Waals surface area contributed by atoms with E-state index in [1.54, 1.807) is 24.3 Å². The molecule has 32 heavy (non-hydrogen) atoms. The van der Waals surface area contributed by atoms with Crippen molar-refractivity contribution in [3.8, 4) is 0 Å². The normalized spacial score (nSPS) is 14.7. The number of allylic oxidation sites excluding steroid dienone is 2. The van der Waals surface area contributed by atoms with Gasteiger partial charge in [-0.3, -0.25) is 4.79 Å². The van der Waals surface area contributed by atoms with Crippen molar-refractivity contribution in [2.45, 2.75) is 32.6 Å². The molecule has 3 heteroatoms. The highest BCUT2D eigenvalue weighted by atomic mass is 16.4. The van der Waals surface area contributed by atoms with Crippen LogP contribution in [-0.2, 0) is 5.41 Å². The minimum absolute atomic E-state index is 0.0613. The first-order valence-corrected chi connectivity index (χ1v) is 10.7. The number of hydrogen-bond donors (Lipinski definition) is 1. The van der Waals surface area contributed by atoms with Gasteiger partial charge in [-0.15, -0.1) is 0 Å². The second kappa shape index (κ2) is 8.43. The van der Waals surface area contributed by atoms with Crippen LogP contribution in [0.2, 0.25) is 0 Å². The van der Waals surface area contributed by atoms with Gasteiger partial charge in [0.2, 0.25) is 0 Å². The molecule has 4 rings (SSSR count). The van der Waals surface area contributed by atoms with Crippen molar-refractivity contribution in [3.63, 3.8) is 0 Å². The number of rotatable bonds is 5. The van der Waals surface area contributed by atoms with Gasteiger partial charge < -0.3 is 5.11 Å². The molecule has 0 atom stereocenters. The number of carbonyl (C=O) groups is 2. The number of fused-ring (bicyclic) bond motifs is 1. The highest BCUT2D eigenvalue weighted by Gasteiger charge is 2.29. The molecular weight excluding hydrogens is 396 g/mol. The maximum atomic E-state index is 12.9. The van der Waals surface area contributed by atoms with E-state index in [0.717, 1.165) is 12.0 Å². The molecular formula is C29H26O3. The van der Waals surface area contributed by atoms with Crippen molar-refractivity contribution in [1.82, 2.24) is 0 Å². The molecule has 0 bridgehead atoms. The molecule has 1 aliphatic carbocycles. The van der Waals surface area contributed by atoms with E-state index in [1.807, 2.05) is 12.1 Å². The summed E-state index contributed by atoms with van der Waals surface area (Å²) in [6.45, 7) is 6.55. The molecule has 0 unspecified atom stereocenters. The summed E-state index contributed by atoms with van der Waals surface area (Å²) in [5.41, 5.74) is 7.66. The van der Waals surface area contributed by atoms with Crippen LogP contribution in [0, 0.1) is 6.92 Å². The molecule has 0 aliphatic heterocycles. The average Bonchev–Trinajstić information content (AvgIpc) is 2.78. The Morgan fingerprint density at radius 1 is 0.906 bits per heavy atom. The number of carboxylic acids is 1. The van der Waals surface area contributed by atoms with E-state index in [9.17, 15) is 9.59 Å². The topological polar surface area (TPSA) is 54.4 Å². The van der Waals surface area contributed by atoms with Gasteiger partial charge in [-0.1, -0.05) is 74.5 Å². The molecule has 0 fully saturated rings. The fourth-order valence-corrected chi connectivity index (χ4v) is 4.20. The quantitative estimate of drug-likeness (QED) is 0.367. The number of benzene rings is 3. The number of hydrogen-bond acceptors (Lipinski definition) is 2. The first-order chi connectivity index (χ1) is 15.3. The van der Waals surface area contributed by atoms with E-state index in [1.165, 1.54) is 40.0 Å². The smallest absolute Gasteiger partial charge is 0.335 e. The van der Waals surface area contributed by atoms with Crippen LogP contribution >= 0.6 is 0 Å². The van der Waals surface area contributed by atoms with E-state index in [0.29, 0.717) is 5.56 Å². The number of aromatic carboxylic acids is 1. The predicted molar refractivity (Wildman–Crippen MR) is 129 cm³/mol. The second-order valence-corrected chi connectivity index (χ2v) is 8.91. The Kier molecular flexibility index (Phi) is 5.67. The number of carbonyl (C=O) groups excluding carboxylic acids is 1. The highest BCUT2D eigenvalue weighted by Crippen LogP contribution is 2.42. The fraction of sp³-hybridized carbons (Fsp3) is 0.172. The first kappa shape index (κ1) is 21.5. The molecule has 0 heterocycles. The van der Waals surface area contributed by atoms with Crippen LogP contribution in [0.4, 0.5) is 0 Å². The van der Waals surface area contributed by atoms with Gasteiger partial charge in [0.25, 0.3) is 0 Å². The number of aryl methyl sites for hydroxylation is 1. The van der Waals surface area contributed by atoms with Crippen LogP contribution in [0.25, 0.3) is 11.6 Å². The Labute approximate surface area is 188 Å². The van der Waals surface area contributed by atoms with Crippen molar-refractivity contribution >= 4 is 23.4 Å². The van der Waals surface area contributed by atoms with Gasteiger partial charge in [0.05, 0.1) is 5.56 Å². The van der Waals surface area contributed by atoms with Crippen LogP contribution in [-0.4, -0.2) is 16.9 Å². The summed E-state index contributed by atoms with van der Waals surface area (Å²) in [6.07, 6.45) is 6.49. The zero-order valence-electron chi connectivity index (χ0n) is 18.6. The van der Waals surface area contributed by atoms with Crippen molar-refractivity contribution in [3.05, 3.63) is 118 Å². The van der Waals surface area contributed by atoms with Gasteiger partial charge in [-0.05, 0) is 76.4 Å². The summed E-state index contributed by atoms with van der Waals surface area (Å²) in [6, 6.07) is 20.9. The molecule has 3 aromatic rings. The van der Waals surface area contributed by atoms with Crippen LogP contribution in [0.1, 0.15) is 68.8 Å². The van der Waals surface area contributed by atoms with E-state index in [2.05, 4.69) is 57.2 Å². The van der Waals surface area contributed by atoms with Crippen molar-refractivity contribution < 1.29 is 14.7 Å². The van der Waals surface area contributed by atoms with Crippen LogP contribution in [0.15, 0.2) is 78.9 Å².